The largest absolute Gasteiger partial charge is 0.384 e. The maximum atomic E-state index is 12.1. The molecule has 0 radical (unpaired) electrons. The van der Waals surface area contributed by atoms with Crippen molar-refractivity contribution in [1.82, 2.24) is 4.90 Å². The van der Waals surface area contributed by atoms with Gasteiger partial charge in [0.2, 0.25) is 0 Å². The molecule has 0 aliphatic rings. The van der Waals surface area contributed by atoms with E-state index in [0.29, 0.717) is 17.1 Å². The minimum Gasteiger partial charge on any atom is -0.384 e. The molecule has 0 bridgehead atoms. The zero-order chi connectivity index (χ0) is 15.3. The number of amides is 1. The molecule has 4 nitrogen and oxygen atoms in total. The van der Waals surface area contributed by atoms with Gasteiger partial charge in [0, 0.05) is 38.5 Å². The number of anilines is 1. The highest BCUT2D eigenvalue weighted by molar-refractivity contribution is 6.31. The summed E-state index contributed by atoms with van der Waals surface area (Å²) < 4.78 is 5.37. The fourth-order valence-electron chi connectivity index (χ4n) is 1.69. The summed E-state index contributed by atoms with van der Waals surface area (Å²) in [6, 6.07) is 5.25. The van der Waals surface area contributed by atoms with Crippen LogP contribution in [0.3, 0.4) is 0 Å². The predicted molar refractivity (Wildman–Crippen MR) is 83.7 cm³/mol. The van der Waals surface area contributed by atoms with Gasteiger partial charge < -0.3 is 15.0 Å². The van der Waals surface area contributed by atoms with Gasteiger partial charge in [-0.25, -0.2) is 0 Å². The van der Waals surface area contributed by atoms with Crippen LogP contribution in [-0.2, 0) is 4.74 Å². The number of carbonyl (C=O) groups excluding carboxylic acids is 1. The molecule has 5 heteroatoms. The van der Waals surface area contributed by atoms with Crippen LogP contribution in [0.15, 0.2) is 18.2 Å². The lowest BCUT2D eigenvalue weighted by atomic mass is 10.1. The maximum Gasteiger partial charge on any atom is 0.255 e. The van der Waals surface area contributed by atoms with Gasteiger partial charge in [0.1, 0.15) is 0 Å². The Labute approximate surface area is 126 Å². The second-order valence-electron chi connectivity index (χ2n) is 5.53. The van der Waals surface area contributed by atoms with Crippen molar-refractivity contribution in [2.45, 2.75) is 25.9 Å². The van der Waals surface area contributed by atoms with Crippen molar-refractivity contribution in [3.05, 3.63) is 28.8 Å². The Hall–Kier alpha value is -1.26. The first kappa shape index (κ1) is 16.8. The van der Waals surface area contributed by atoms with E-state index in [9.17, 15) is 4.79 Å². The Bertz CT molecular complexity index is 473. The molecule has 0 aliphatic heterocycles. The molecular weight excluding hydrogens is 276 g/mol. The fourth-order valence-corrected chi connectivity index (χ4v) is 1.86. The molecule has 0 saturated heterocycles. The summed E-state index contributed by atoms with van der Waals surface area (Å²) in [5.74, 6) is -0.0461. The number of carbonyl (C=O) groups is 1. The Balaban J connectivity index is 2.83. The van der Waals surface area contributed by atoms with E-state index in [1.54, 1.807) is 44.3 Å². The third-order valence-corrected chi connectivity index (χ3v) is 3.45. The lowest BCUT2D eigenvalue weighted by Gasteiger charge is -2.23. The molecule has 0 aliphatic carbocycles. The van der Waals surface area contributed by atoms with Crippen LogP contribution in [0.25, 0.3) is 0 Å². The quantitative estimate of drug-likeness (QED) is 0.876. The topological polar surface area (TPSA) is 41.6 Å². The number of benzene rings is 1. The van der Waals surface area contributed by atoms with E-state index in [-0.39, 0.29) is 11.5 Å². The molecule has 112 valence electrons. The molecule has 0 unspecified atom stereocenters. The van der Waals surface area contributed by atoms with E-state index in [1.165, 1.54) is 0 Å². The van der Waals surface area contributed by atoms with Gasteiger partial charge in [0.15, 0.2) is 0 Å². The Kier molecular flexibility index (Phi) is 5.84. The van der Waals surface area contributed by atoms with Gasteiger partial charge in [0.05, 0.1) is 11.2 Å². The summed E-state index contributed by atoms with van der Waals surface area (Å²) in [6.07, 6.45) is 0.825. The molecule has 1 rings (SSSR count). The summed E-state index contributed by atoms with van der Waals surface area (Å²) in [6.45, 7) is 4.76. The van der Waals surface area contributed by atoms with Crippen LogP contribution in [0.2, 0.25) is 5.02 Å². The third kappa shape index (κ3) is 4.69. The van der Waals surface area contributed by atoms with E-state index >= 15 is 0 Å². The van der Waals surface area contributed by atoms with Gasteiger partial charge in [-0.3, -0.25) is 4.79 Å². The molecule has 0 aromatic heterocycles. The van der Waals surface area contributed by atoms with Gasteiger partial charge in [-0.05, 0) is 38.5 Å². The molecule has 0 atom stereocenters. The van der Waals surface area contributed by atoms with Gasteiger partial charge in [-0.1, -0.05) is 11.6 Å². The average Bonchev–Trinajstić information content (AvgIpc) is 2.38. The number of hydrogen-bond donors (Lipinski definition) is 1. The normalized spacial score (nSPS) is 11.3. The van der Waals surface area contributed by atoms with E-state index < -0.39 is 0 Å². The van der Waals surface area contributed by atoms with Crippen molar-refractivity contribution < 1.29 is 9.53 Å². The molecule has 0 spiro atoms. The smallest absolute Gasteiger partial charge is 0.255 e. The number of rotatable bonds is 6. The highest BCUT2D eigenvalue weighted by Gasteiger charge is 2.17. The van der Waals surface area contributed by atoms with Crippen LogP contribution < -0.4 is 5.32 Å². The van der Waals surface area contributed by atoms with Crippen LogP contribution in [0, 0.1) is 0 Å². The second kappa shape index (κ2) is 6.95. The molecule has 1 N–H and O–H groups in total. The average molecular weight is 299 g/mol. The number of hydrogen-bond acceptors (Lipinski definition) is 3. The molecule has 1 amide bonds. The third-order valence-electron chi connectivity index (χ3n) is 3.21. The van der Waals surface area contributed by atoms with Crippen molar-refractivity contribution in [3.8, 4) is 0 Å². The van der Waals surface area contributed by atoms with E-state index in [1.807, 2.05) is 13.8 Å². The van der Waals surface area contributed by atoms with Gasteiger partial charge in [-0.2, -0.15) is 0 Å². The zero-order valence-electron chi connectivity index (χ0n) is 12.8. The highest BCUT2D eigenvalue weighted by Crippen LogP contribution is 2.23. The van der Waals surface area contributed by atoms with Crippen molar-refractivity contribution in [3.63, 3.8) is 0 Å². The first-order chi connectivity index (χ1) is 9.26. The summed E-state index contributed by atoms with van der Waals surface area (Å²) in [5.41, 5.74) is 1.18. The molecule has 20 heavy (non-hydrogen) atoms. The summed E-state index contributed by atoms with van der Waals surface area (Å²) >= 11 is 6.01. The first-order valence-corrected chi connectivity index (χ1v) is 6.95. The van der Waals surface area contributed by atoms with Gasteiger partial charge >= 0.3 is 0 Å². The standard InChI is InChI=1S/C15H23ClN2O2/c1-15(2,20-5)8-9-17-13-10-11(16)6-7-12(13)14(19)18(3)4/h6-7,10,17H,8-9H2,1-5H3. The van der Waals surface area contributed by atoms with E-state index in [0.717, 1.165) is 12.1 Å². The lowest BCUT2D eigenvalue weighted by Crippen LogP contribution is -2.27. The van der Waals surface area contributed by atoms with Gasteiger partial charge in [-0.15, -0.1) is 0 Å². The number of methoxy groups -OCH3 is 1. The molecule has 1 aromatic carbocycles. The lowest BCUT2D eigenvalue weighted by molar-refractivity contribution is 0.0185. The SMILES string of the molecule is COC(C)(C)CCNc1cc(Cl)ccc1C(=O)N(C)C. The van der Waals surface area contributed by atoms with Gasteiger partial charge in [0.25, 0.3) is 5.91 Å². The van der Waals surface area contributed by atoms with E-state index in [4.69, 9.17) is 16.3 Å². The summed E-state index contributed by atoms with van der Waals surface area (Å²) in [4.78, 5) is 13.7. The Morgan fingerprint density at radius 3 is 2.60 bits per heavy atom. The Morgan fingerprint density at radius 1 is 1.40 bits per heavy atom. The summed E-state index contributed by atoms with van der Waals surface area (Å²) in [5, 5.41) is 3.87. The number of nitrogens with one attached hydrogen (secondary N) is 1. The minimum absolute atomic E-state index is 0.0461. The minimum atomic E-state index is -0.197. The maximum absolute atomic E-state index is 12.1. The first-order valence-electron chi connectivity index (χ1n) is 6.57. The van der Waals surface area contributed by atoms with Crippen molar-refractivity contribution >= 4 is 23.2 Å². The van der Waals surface area contributed by atoms with Crippen LogP contribution in [-0.4, -0.2) is 44.2 Å². The molecule has 0 fully saturated rings. The highest BCUT2D eigenvalue weighted by atomic mass is 35.5. The van der Waals surface area contributed by atoms with Crippen molar-refractivity contribution in [2.75, 3.05) is 33.1 Å². The number of halogens is 1. The fraction of sp³-hybridized carbons (Fsp3) is 0.533. The van der Waals surface area contributed by atoms with Crippen LogP contribution in [0.1, 0.15) is 30.6 Å². The van der Waals surface area contributed by atoms with Crippen molar-refractivity contribution in [2.24, 2.45) is 0 Å². The second-order valence-corrected chi connectivity index (χ2v) is 5.97. The number of ether oxygens (including phenoxy) is 1. The Morgan fingerprint density at radius 2 is 2.05 bits per heavy atom. The number of nitrogens with zero attached hydrogens (tertiary/aromatic N) is 1. The zero-order valence-corrected chi connectivity index (χ0v) is 13.5. The van der Waals surface area contributed by atoms with Crippen LogP contribution in [0.5, 0.6) is 0 Å². The monoisotopic (exact) mass is 298 g/mol. The van der Waals surface area contributed by atoms with Crippen LogP contribution in [0.4, 0.5) is 5.69 Å². The summed E-state index contributed by atoms with van der Waals surface area (Å²) in [7, 11) is 5.16. The van der Waals surface area contributed by atoms with Crippen LogP contribution >= 0.6 is 11.6 Å². The predicted octanol–water partition coefficient (Wildman–Crippen LogP) is 3.27. The molecule has 0 heterocycles. The van der Waals surface area contributed by atoms with Crippen molar-refractivity contribution in [1.29, 1.82) is 0 Å². The van der Waals surface area contributed by atoms with E-state index in [2.05, 4.69) is 5.32 Å². The molecule has 0 saturated carbocycles. The molecule has 1 aromatic rings. The molecular formula is C15H23ClN2O2.